The highest BCUT2D eigenvalue weighted by Crippen LogP contribution is 2.26. The number of nitrogens with zero attached hydrogens (tertiary/aromatic N) is 4. The number of amides is 4. The highest BCUT2D eigenvalue weighted by atomic mass is 16.6. The first-order valence-electron chi connectivity index (χ1n) is 8.66. The molecule has 0 bridgehead atoms. The molecule has 0 fully saturated rings. The third-order valence-corrected chi connectivity index (χ3v) is 4.21. The number of nitrogens with one attached hydrogen (secondary N) is 1. The lowest BCUT2D eigenvalue weighted by atomic mass is 10.2. The number of rotatable bonds is 3. The van der Waals surface area contributed by atoms with Crippen LogP contribution < -0.4 is 10.2 Å². The monoisotopic (exact) mass is 377 g/mol. The maximum Gasteiger partial charge on any atom is 0.410 e. The van der Waals surface area contributed by atoms with Gasteiger partial charge in [-0.15, -0.1) is 0 Å². The zero-order chi connectivity index (χ0) is 20.5. The zero-order valence-corrected chi connectivity index (χ0v) is 16.9. The summed E-state index contributed by atoms with van der Waals surface area (Å²) in [4.78, 5) is 45.3. The number of ether oxygens (including phenoxy) is 1. The van der Waals surface area contributed by atoms with Gasteiger partial charge in [-0.25, -0.2) is 14.6 Å². The number of likely N-dealkylation sites (N-methyl/N-ethyl adjacent to an activating group) is 1. The molecule has 0 spiro atoms. The van der Waals surface area contributed by atoms with E-state index in [-0.39, 0.29) is 11.9 Å². The lowest BCUT2D eigenvalue weighted by Gasteiger charge is -2.32. The van der Waals surface area contributed by atoms with Crippen molar-refractivity contribution < 1.29 is 19.1 Å². The van der Waals surface area contributed by atoms with Crippen LogP contribution in [0.1, 0.15) is 33.4 Å². The average molecular weight is 377 g/mol. The predicted octanol–water partition coefficient (Wildman–Crippen LogP) is 2.28. The minimum absolute atomic E-state index is 0.117. The summed E-state index contributed by atoms with van der Waals surface area (Å²) < 4.78 is 5.28. The standard InChI is InChI=1S/C18H27N5O4/c1-11(22(6)17(26)27-18(2,3)4)15(24)20-14-9-8-13-12(19-14)10-21(5)16(25)23(13)7/h8-9,11H,10H2,1-7H3,(H,19,20,24)/t11-/m0/s1. The van der Waals surface area contributed by atoms with Crippen molar-refractivity contribution in [1.82, 2.24) is 14.8 Å². The predicted molar refractivity (Wildman–Crippen MR) is 102 cm³/mol. The molecule has 0 unspecified atom stereocenters. The molecule has 9 heteroatoms. The lowest BCUT2D eigenvalue weighted by molar-refractivity contribution is -0.120. The van der Waals surface area contributed by atoms with E-state index in [4.69, 9.17) is 4.74 Å². The van der Waals surface area contributed by atoms with Crippen molar-refractivity contribution in [3.05, 3.63) is 17.8 Å². The molecule has 1 aliphatic rings. The first kappa shape index (κ1) is 20.5. The Balaban J connectivity index is 2.09. The van der Waals surface area contributed by atoms with Gasteiger partial charge in [0.1, 0.15) is 17.5 Å². The van der Waals surface area contributed by atoms with Crippen molar-refractivity contribution in [2.24, 2.45) is 0 Å². The summed E-state index contributed by atoms with van der Waals surface area (Å²) in [5.74, 6) is -0.0243. The molecule has 27 heavy (non-hydrogen) atoms. The average Bonchev–Trinajstić information content (AvgIpc) is 2.56. The molecule has 9 nitrogen and oxygen atoms in total. The Hall–Kier alpha value is -2.84. The van der Waals surface area contributed by atoms with Crippen molar-refractivity contribution in [2.45, 2.75) is 45.9 Å². The van der Waals surface area contributed by atoms with Gasteiger partial charge in [0.2, 0.25) is 5.91 Å². The Labute approximate surface area is 159 Å². The summed E-state index contributed by atoms with van der Waals surface area (Å²) in [6.07, 6.45) is -0.578. The van der Waals surface area contributed by atoms with E-state index < -0.39 is 17.7 Å². The van der Waals surface area contributed by atoms with Gasteiger partial charge in [0.05, 0.1) is 17.9 Å². The number of carbonyl (C=O) groups excluding carboxylic acids is 3. The molecule has 2 rings (SSSR count). The number of pyridine rings is 1. The van der Waals surface area contributed by atoms with E-state index in [0.717, 1.165) is 0 Å². The highest BCUT2D eigenvalue weighted by Gasteiger charge is 2.29. The summed E-state index contributed by atoms with van der Waals surface area (Å²) in [6.45, 7) is 7.26. The first-order valence-corrected chi connectivity index (χ1v) is 8.66. The molecule has 1 aromatic heterocycles. The molecule has 0 aromatic carbocycles. The van der Waals surface area contributed by atoms with Crippen LogP contribution in [0.2, 0.25) is 0 Å². The van der Waals surface area contributed by atoms with Gasteiger partial charge in [0.15, 0.2) is 0 Å². The van der Waals surface area contributed by atoms with Gasteiger partial charge in [-0.1, -0.05) is 0 Å². The van der Waals surface area contributed by atoms with Gasteiger partial charge >= 0.3 is 12.1 Å². The van der Waals surface area contributed by atoms with E-state index in [1.165, 1.54) is 16.8 Å². The second kappa shape index (κ2) is 7.42. The van der Waals surface area contributed by atoms with Crippen molar-refractivity contribution in [3.8, 4) is 0 Å². The Morgan fingerprint density at radius 3 is 2.52 bits per heavy atom. The molecule has 1 aromatic rings. The third-order valence-electron chi connectivity index (χ3n) is 4.21. The Kier molecular flexibility index (Phi) is 5.62. The van der Waals surface area contributed by atoms with E-state index in [1.807, 2.05) is 0 Å². The van der Waals surface area contributed by atoms with Crippen molar-refractivity contribution in [3.63, 3.8) is 0 Å². The molecule has 1 N–H and O–H groups in total. The van der Waals surface area contributed by atoms with E-state index in [0.29, 0.717) is 23.7 Å². The summed E-state index contributed by atoms with van der Waals surface area (Å²) >= 11 is 0. The third kappa shape index (κ3) is 4.66. The Morgan fingerprint density at radius 1 is 1.30 bits per heavy atom. The summed E-state index contributed by atoms with van der Waals surface area (Å²) in [5.41, 5.74) is 0.748. The molecule has 0 saturated carbocycles. The fourth-order valence-corrected chi connectivity index (χ4v) is 2.54. The quantitative estimate of drug-likeness (QED) is 0.872. The number of urea groups is 1. The van der Waals surface area contributed by atoms with Crippen LogP contribution in [0.3, 0.4) is 0 Å². The van der Waals surface area contributed by atoms with E-state index in [9.17, 15) is 14.4 Å². The van der Waals surface area contributed by atoms with E-state index >= 15 is 0 Å². The Morgan fingerprint density at radius 2 is 1.93 bits per heavy atom. The molecule has 4 amide bonds. The van der Waals surface area contributed by atoms with Crippen LogP contribution in [-0.4, -0.2) is 65.6 Å². The van der Waals surface area contributed by atoms with E-state index in [2.05, 4.69) is 10.3 Å². The van der Waals surface area contributed by atoms with Crippen molar-refractivity contribution >= 4 is 29.5 Å². The molecule has 0 radical (unpaired) electrons. The van der Waals surface area contributed by atoms with Gasteiger partial charge in [-0.05, 0) is 39.8 Å². The molecular formula is C18H27N5O4. The number of fused-ring (bicyclic) bond motifs is 1. The highest BCUT2D eigenvalue weighted by molar-refractivity contribution is 5.97. The number of hydrogen-bond acceptors (Lipinski definition) is 5. The van der Waals surface area contributed by atoms with Crippen LogP contribution in [0.15, 0.2) is 12.1 Å². The Bertz CT molecular complexity index is 759. The van der Waals surface area contributed by atoms with Crippen LogP contribution >= 0.6 is 0 Å². The number of hydrogen-bond donors (Lipinski definition) is 1. The number of aromatic nitrogens is 1. The maximum absolute atomic E-state index is 12.5. The summed E-state index contributed by atoms with van der Waals surface area (Å²) in [6, 6.07) is 2.51. The first-order chi connectivity index (χ1) is 12.4. The lowest BCUT2D eigenvalue weighted by Crippen LogP contribution is -2.45. The molecule has 1 aliphatic heterocycles. The molecule has 0 saturated heterocycles. The second-order valence-corrected chi connectivity index (χ2v) is 7.62. The van der Waals surface area contributed by atoms with Gasteiger partial charge < -0.3 is 15.0 Å². The van der Waals surface area contributed by atoms with E-state index in [1.54, 1.807) is 58.8 Å². The maximum atomic E-state index is 12.5. The van der Waals surface area contributed by atoms with Gasteiger partial charge in [0.25, 0.3) is 0 Å². The zero-order valence-electron chi connectivity index (χ0n) is 16.9. The molecular weight excluding hydrogens is 350 g/mol. The number of anilines is 2. The molecule has 0 aliphatic carbocycles. The minimum Gasteiger partial charge on any atom is -0.444 e. The van der Waals surface area contributed by atoms with Crippen molar-refractivity contribution in [1.29, 1.82) is 0 Å². The van der Waals surface area contributed by atoms with Gasteiger partial charge in [-0.2, -0.15) is 0 Å². The van der Waals surface area contributed by atoms with Gasteiger partial charge in [0, 0.05) is 21.1 Å². The number of carbonyl (C=O) groups is 3. The molecule has 1 atom stereocenters. The summed E-state index contributed by atoms with van der Waals surface area (Å²) in [7, 11) is 4.87. The fraction of sp³-hybridized carbons (Fsp3) is 0.556. The SMILES string of the molecule is C[C@@H](C(=O)Nc1ccc2c(n1)CN(C)C(=O)N2C)N(C)C(=O)OC(C)(C)C. The topological polar surface area (TPSA) is 95.1 Å². The van der Waals surface area contributed by atoms with Crippen LogP contribution in [0.25, 0.3) is 0 Å². The van der Waals surface area contributed by atoms with Crippen LogP contribution in [0.5, 0.6) is 0 Å². The smallest absolute Gasteiger partial charge is 0.410 e. The van der Waals surface area contributed by atoms with Crippen LogP contribution in [0.4, 0.5) is 21.1 Å². The normalized spacial score (nSPS) is 15.1. The molecule has 2 heterocycles. The van der Waals surface area contributed by atoms with Crippen molar-refractivity contribution in [2.75, 3.05) is 31.4 Å². The van der Waals surface area contributed by atoms with Gasteiger partial charge in [-0.3, -0.25) is 14.6 Å². The fourth-order valence-electron chi connectivity index (χ4n) is 2.54. The van der Waals surface area contributed by atoms with Crippen LogP contribution in [-0.2, 0) is 16.1 Å². The largest absolute Gasteiger partial charge is 0.444 e. The molecule has 148 valence electrons. The van der Waals surface area contributed by atoms with Crippen LogP contribution in [0, 0.1) is 0 Å². The minimum atomic E-state index is -0.746. The second-order valence-electron chi connectivity index (χ2n) is 7.62. The summed E-state index contributed by atoms with van der Waals surface area (Å²) in [5, 5.41) is 2.71.